The van der Waals surface area contributed by atoms with E-state index in [1.807, 2.05) is 0 Å². The summed E-state index contributed by atoms with van der Waals surface area (Å²) in [6.45, 7) is 0. The van der Waals surface area contributed by atoms with Crippen molar-refractivity contribution in [3.8, 4) is 0 Å². The third kappa shape index (κ3) is 4.05. The molecular weight excluding hydrogens is 160 g/mol. The van der Waals surface area contributed by atoms with Gasteiger partial charge in [-0.2, -0.15) is 12.6 Å². The molecule has 3 N–H and O–H groups in total. The van der Waals surface area contributed by atoms with Gasteiger partial charge in [0.15, 0.2) is 0 Å². The number of aliphatic hydroxyl groups is 2. The monoisotopic (exact) mass is 170 g/mol. The first-order valence-corrected chi connectivity index (χ1v) is 4.03. The molecule has 0 aromatic carbocycles. The van der Waals surface area contributed by atoms with E-state index >= 15 is 0 Å². The molecule has 0 aliphatic heterocycles. The van der Waals surface area contributed by atoms with Crippen molar-refractivity contribution in [1.29, 1.82) is 0 Å². The Bertz CT molecular complexity index is 70.8. The standard InChI is InChI=1S/C4H10O3S2/c5-3(1-8)4(6)2-9-7/h3-8H,1-2H2. The SMILES string of the molecule is OSCC(O)C(O)CS. The van der Waals surface area contributed by atoms with Gasteiger partial charge in [-0.3, -0.25) is 0 Å². The molecule has 0 spiro atoms. The smallest absolute Gasteiger partial charge is 0.0919 e. The highest BCUT2D eigenvalue weighted by Crippen LogP contribution is 2.02. The molecule has 56 valence electrons. The molecule has 2 unspecified atom stereocenters. The zero-order valence-corrected chi connectivity index (χ0v) is 6.48. The topological polar surface area (TPSA) is 60.7 Å². The number of thiol groups is 1. The van der Waals surface area contributed by atoms with Crippen LogP contribution in [0.5, 0.6) is 0 Å². The fourth-order valence-electron chi connectivity index (χ4n) is 0.309. The normalized spacial score (nSPS) is 17.3. The highest BCUT2D eigenvalue weighted by molar-refractivity contribution is 7.93. The third-order valence-electron chi connectivity index (χ3n) is 0.877. The van der Waals surface area contributed by atoms with Crippen LogP contribution in [0.3, 0.4) is 0 Å². The van der Waals surface area contributed by atoms with Crippen LogP contribution in [0.15, 0.2) is 0 Å². The van der Waals surface area contributed by atoms with Crippen LogP contribution >= 0.6 is 24.7 Å². The minimum Gasteiger partial charge on any atom is -0.390 e. The van der Waals surface area contributed by atoms with Crippen LogP contribution in [0.1, 0.15) is 0 Å². The number of hydrogen-bond acceptors (Lipinski definition) is 5. The van der Waals surface area contributed by atoms with E-state index in [4.69, 9.17) is 14.8 Å². The van der Waals surface area contributed by atoms with Gasteiger partial charge < -0.3 is 14.8 Å². The Morgan fingerprint density at radius 1 is 1.33 bits per heavy atom. The van der Waals surface area contributed by atoms with Gasteiger partial charge in [0.1, 0.15) is 0 Å². The molecular formula is C4H10O3S2. The van der Waals surface area contributed by atoms with Crippen molar-refractivity contribution in [1.82, 2.24) is 0 Å². The predicted octanol–water partition coefficient (Wildman–Crippen LogP) is -0.156. The van der Waals surface area contributed by atoms with Gasteiger partial charge in [0, 0.05) is 11.5 Å². The molecule has 0 saturated heterocycles. The molecule has 2 atom stereocenters. The van der Waals surface area contributed by atoms with E-state index in [1.165, 1.54) is 0 Å². The van der Waals surface area contributed by atoms with Gasteiger partial charge in [0.05, 0.1) is 12.2 Å². The lowest BCUT2D eigenvalue weighted by Gasteiger charge is -2.12. The summed E-state index contributed by atoms with van der Waals surface area (Å²) in [6, 6.07) is 0. The van der Waals surface area contributed by atoms with Gasteiger partial charge >= 0.3 is 0 Å². The largest absolute Gasteiger partial charge is 0.390 e. The average molecular weight is 170 g/mol. The van der Waals surface area contributed by atoms with Gasteiger partial charge in [-0.05, 0) is 12.0 Å². The lowest BCUT2D eigenvalue weighted by Crippen LogP contribution is -2.29. The molecule has 3 nitrogen and oxygen atoms in total. The quantitative estimate of drug-likeness (QED) is 0.350. The third-order valence-corrected chi connectivity index (χ3v) is 1.74. The minimum atomic E-state index is -0.877. The summed E-state index contributed by atoms with van der Waals surface area (Å²) in [7, 11) is 0. The molecule has 9 heavy (non-hydrogen) atoms. The lowest BCUT2D eigenvalue weighted by molar-refractivity contribution is 0.0497. The number of rotatable bonds is 4. The van der Waals surface area contributed by atoms with E-state index in [1.54, 1.807) is 0 Å². The molecule has 0 rings (SSSR count). The maximum absolute atomic E-state index is 8.84. The molecule has 0 fully saturated rings. The van der Waals surface area contributed by atoms with Gasteiger partial charge in [-0.25, -0.2) is 0 Å². The molecule has 0 radical (unpaired) electrons. The van der Waals surface area contributed by atoms with E-state index in [0.29, 0.717) is 12.0 Å². The molecule has 0 aliphatic rings. The molecule has 0 aliphatic carbocycles. The molecule has 0 saturated carbocycles. The van der Waals surface area contributed by atoms with Gasteiger partial charge in [-0.15, -0.1) is 0 Å². The molecule has 0 amide bonds. The molecule has 0 heterocycles. The Morgan fingerprint density at radius 2 is 1.89 bits per heavy atom. The summed E-state index contributed by atoms with van der Waals surface area (Å²) in [4.78, 5) is 0. The highest BCUT2D eigenvalue weighted by Gasteiger charge is 2.13. The maximum atomic E-state index is 8.84. The fraction of sp³-hybridized carbons (Fsp3) is 1.00. The van der Waals surface area contributed by atoms with Crippen molar-refractivity contribution in [2.75, 3.05) is 11.5 Å². The number of aliphatic hydroxyl groups excluding tert-OH is 2. The van der Waals surface area contributed by atoms with Gasteiger partial charge in [-0.1, -0.05) is 0 Å². The van der Waals surface area contributed by atoms with Crippen LogP contribution in [0.4, 0.5) is 0 Å². The summed E-state index contributed by atoms with van der Waals surface area (Å²) in [5.74, 6) is 0.337. The molecule has 5 heteroatoms. The summed E-state index contributed by atoms with van der Waals surface area (Å²) < 4.78 is 8.20. The lowest BCUT2D eigenvalue weighted by atomic mass is 10.3. The van der Waals surface area contributed by atoms with E-state index in [9.17, 15) is 0 Å². The van der Waals surface area contributed by atoms with Crippen molar-refractivity contribution in [3.05, 3.63) is 0 Å². The second-order valence-corrected chi connectivity index (χ2v) is 2.57. The van der Waals surface area contributed by atoms with Gasteiger partial charge in [0.2, 0.25) is 0 Å². The Labute approximate surface area is 63.7 Å². The highest BCUT2D eigenvalue weighted by atomic mass is 32.2. The zero-order valence-electron chi connectivity index (χ0n) is 4.77. The van der Waals surface area contributed by atoms with Crippen LogP contribution in [0.25, 0.3) is 0 Å². The van der Waals surface area contributed by atoms with Crippen molar-refractivity contribution >= 4 is 24.7 Å². The maximum Gasteiger partial charge on any atom is 0.0919 e. The zero-order chi connectivity index (χ0) is 7.28. The second kappa shape index (κ2) is 5.37. The Balaban J connectivity index is 3.32. The second-order valence-electron chi connectivity index (χ2n) is 1.61. The van der Waals surface area contributed by atoms with Crippen LogP contribution in [0.2, 0.25) is 0 Å². The summed E-state index contributed by atoms with van der Waals surface area (Å²) in [5, 5.41) is 17.6. The van der Waals surface area contributed by atoms with Crippen LogP contribution in [-0.4, -0.2) is 38.5 Å². The average Bonchev–Trinajstić information content (AvgIpc) is 1.87. The molecule has 0 aromatic rings. The van der Waals surface area contributed by atoms with Crippen molar-refractivity contribution in [3.63, 3.8) is 0 Å². The Kier molecular flexibility index (Phi) is 5.72. The Hall–Kier alpha value is 0.580. The Morgan fingerprint density at radius 3 is 2.22 bits per heavy atom. The first kappa shape index (κ1) is 9.58. The molecule has 0 aromatic heterocycles. The fourth-order valence-corrected chi connectivity index (χ4v) is 0.927. The van der Waals surface area contributed by atoms with Gasteiger partial charge in [0.25, 0.3) is 0 Å². The van der Waals surface area contributed by atoms with E-state index in [0.717, 1.165) is 0 Å². The van der Waals surface area contributed by atoms with E-state index in [2.05, 4.69) is 12.6 Å². The predicted molar refractivity (Wildman–Crippen MR) is 41.0 cm³/mol. The summed E-state index contributed by atoms with van der Waals surface area (Å²) >= 11 is 4.26. The van der Waals surface area contributed by atoms with Crippen molar-refractivity contribution in [2.45, 2.75) is 12.2 Å². The summed E-state index contributed by atoms with van der Waals surface area (Å²) in [6.07, 6.45) is -1.72. The molecule has 0 bridgehead atoms. The van der Waals surface area contributed by atoms with E-state index < -0.39 is 12.2 Å². The first-order valence-electron chi connectivity index (χ1n) is 2.45. The van der Waals surface area contributed by atoms with Crippen molar-refractivity contribution in [2.24, 2.45) is 0 Å². The van der Waals surface area contributed by atoms with Crippen LogP contribution in [0, 0.1) is 0 Å². The van der Waals surface area contributed by atoms with E-state index in [-0.39, 0.29) is 11.5 Å². The minimum absolute atomic E-state index is 0.127. The van der Waals surface area contributed by atoms with Crippen LogP contribution in [-0.2, 0) is 0 Å². The number of hydrogen-bond donors (Lipinski definition) is 4. The van der Waals surface area contributed by atoms with Crippen LogP contribution < -0.4 is 0 Å². The first-order chi connectivity index (χ1) is 4.22. The van der Waals surface area contributed by atoms with Crippen molar-refractivity contribution < 1.29 is 14.8 Å². The summed E-state index contributed by atoms with van der Waals surface area (Å²) in [5.41, 5.74) is 0.